The lowest BCUT2D eigenvalue weighted by molar-refractivity contribution is -0.385. The van der Waals surface area contributed by atoms with E-state index in [-0.39, 0.29) is 16.0 Å². The van der Waals surface area contributed by atoms with Crippen LogP contribution in [0.2, 0.25) is 0 Å². The van der Waals surface area contributed by atoms with Gasteiger partial charge in [-0.05, 0) is 64.1 Å². The minimum absolute atomic E-state index is 0.118. The molecule has 3 unspecified atom stereocenters. The molecule has 2 bridgehead atoms. The van der Waals surface area contributed by atoms with Gasteiger partial charge in [0.25, 0.3) is 5.69 Å². The lowest BCUT2D eigenvalue weighted by atomic mass is 9.69. The van der Waals surface area contributed by atoms with Crippen molar-refractivity contribution in [2.45, 2.75) is 46.1 Å². The summed E-state index contributed by atoms with van der Waals surface area (Å²) in [5.74, 6) is 0.755. The monoisotopic (exact) mass is 352 g/mol. The smallest absolute Gasteiger partial charge is 0.285 e. The number of hydrogen-bond acceptors (Lipinski definition) is 3. The van der Waals surface area contributed by atoms with Gasteiger partial charge in [0.05, 0.1) is 9.40 Å². The molecule has 0 aliphatic heterocycles. The molecular formula is C16H21BrN2O2. The summed E-state index contributed by atoms with van der Waals surface area (Å²) in [6.07, 6.45) is 3.70. The maximum absolute atomic E-state index is 11.1. The molecule has 0 amide bonds. The molecule has 0 aromatic heterocycles. The van der Waals surface area contributed by atoms with Crippen molar-refractivity contribution in [1.29, 1.82) is 0 Å². The molecule has 2 aliphatic carbocycles. The van der Waals surface area contributed by atoms with E-state index in [1.54, 1.807) is 12.1 Å². The minimum atomic E-state index is -0.346. The van der Waals surface area contributed by atoms with E-state index in [1.807, 2.05) is 6.07 Å². The number of nitro benzene ring substituents is 1. The molecule has 5 heteroatoms. The van der Waals surface area contributed by atoms with Gasteiger partial charge in [-0.25, -0.2) is 0 Å². The predicted octanol–water partition coefficient (Wildman–Crippen LogP) is 4.98. The fourth-order valence-corrected chi connectivity index (χ4v) is 4.76. The van der Waals surface area contributed by atoms with E-state index in [9.17, 15) is 10.1 Å². The first kappa shape index (κ1) is 14.8. The van der Waals surface area contributed by atoms with Gasteiger partial charge in [0, 0.05) is 17.8 Å². The molecule has 2 saturated carbocycles. The van der Waals surface area contributed by atoms with Crippen molar-refractivity contribution in [2.75, 3.05) is 5.32 Å². The van der Waals surface area contributed by atoms with Gasteiger partial charge in [-0.15, -0.1) is 0 Å². The second kappa shape index (κ2) is 4.70. The van der Waals surface area contributed by atoms with Crippen molar-refractivity contribution in [3.63, 3.8) is 0 Å². The average molecular weight is 353 g/mol. The molecule has 1 aromatic carbocycles. The molecule has 114 valence electrons. The Morgan fingerprint density at radius 1 is 1.38 bits per heavy atom. The summed E-state index contributed by atoms with van der Waals surface area (Å²) < 4.78 is 0.525. The van der Waals surface area contributed by atoms with Crippen LogP contribution in [0, 0.1) is 26.9 Å². The van der Waals surface area contributed by atoms with Crippen molar-refractivity contribution in [2.24, 2.45) is 16.7 Å². The van der Waals surface area contributed by atoms with Crippen LogP contribution in [0.3, 0.4) is 0 Å². The average Bonchev–Trinajstić information content (AvgIpc) is 2.74. The minimum Gasteiger partial charge on any atom is -0.382 e. The summed E-state index contributed by atoms with van der Waals surface area (Å²) >= 11 is 3.24. The van der Waals surface area contributed by atoms with Crippen LogP contribution in [0.25, 0.3) is 0 Å². The highest BCUT2D eigenvalue weighted by Crippen LogP contribution is 2.65. The number of fused-ring (bicyclic) bond motifs is 2. The van der Waals surface area contributed by atoms with Gasteiger partial charge in [-0.2, -0.15) is 0 Å². The van der Waals surface area contributed by atoms with Crippen LogP contribution in [-0.2, 0) is 0 Å². The van der Waals surface area contributed by atoms with Gasteiger partial charge in [-0.1, -0.05) is 20.8 Å². The number of benzene rings is 1. The lowest BCUT2D eigenvalue weighted by Gasteiger charge is -2.39. The number of nitro groups is 1. The van der Waals surface area contributed by atoms with Crippen molar-refractivity contribution in [3.05, 3.63) is 32.8 Å². The Bertz CT molecular complexity index is 602. The van der Waals surface area contributed by atoms with Crippen LogP contribution < -0.4 is 5.32 Å². The maximum atomic E-state index is 11.1. The third kappa shape index (κ3) is 2.08. The number of halogens is 1. The van der Waals surface area contributed by atoms with Crippen LogP contribution in [0.4, 0.5) is 11.4 Å². The molecule has 21 heavy (non-hydrogen) atoms. The molecule has 0 saturated heterocycles. The summed E-state index contributed by atoms with van der Waals surface area (Å²) in [7, 11) is 0. The SMILES string of the molecule is CC1(C)C2CCC1(C)C(Nc1ccc(Br)c([N+](=O)[O-])c1)C2. The summed E-state index contributed by atoms with van der Waals surface area (Å²) in [6, 6.07) is 5.69. The molecule has 0 spiro atoms. The number of anilines is 1. The van der Waals surface area contributed by atoms with Gasteiger partial charge in [-0.3, -0.25) is 10.1 Å². The van der Waals surface area contributed by atoms with Crippen LogP contribution >= 0.6 is 15.9 Å². The van der Waals surface area contributed by atoms with E-state index in [0.717, 1.165) is 18.0 Å². The Hall–Kier alpha value is -1.10. The zero-order chi connectivity index (χ0) is 15.4. The molecule has 0 radical (unpaired) electrons. The summed E-state index contributed by atoms with van der Waals surface area (Å²) in [5.41, 5.74) is 1.57. The quantitative estimate of drug-likeness (QED) is 0.616. The third-order valence-electron chi connectivity index (χ3n) is 6.28. The summed E-state index contributed by atoms with van der Waals surface area (Å²) in [6.45, 7) is 7.11. The first-order valence-electron chi connectivity index (χ1n) is 7.46. The zero-order valence-electron chi connectivity index (χ0n) is 12.6. The number of rotatable bonds is 3. The van der Waals surface area contributed by atoms with Crippen molar-refractivity contribution >= 4 is 27.3 Å². The standard InChI is InChI=1S/C16H21BrN2O2/c1-15(2)10-6-7-16(15,3)14(8-10)18-11-4-5-12(17)13(9-11)19(20)21/h4-5,9-10,14,18H,6-8H2,1-3H3. The van der Waals surface area contributed by atoms with Gasteiger partial charge in [0.2, 0.25) is 0 Å². The van der Waals surface area contributed by atoms with E-state index in [2.05, 4.69) is 42.0 Å². The van der Waals surface area contributed by atoms with Crippen molar-refractivity contribution < 1.29 is 4.92 Å². The van der Waals surface area contributed by atoms with Gasteiger partial charge in [0.15, 0.2) is 0 Å². The molecule has 4 nitrogen and oxygen atoms in total. The van der Waals surface area contributed by atoms with E-state index in [1.165, 1.54) is 12.8 Å². The zero-order valence-corrected chi connectivity index (χ0v) is 14.2. The highest BCUT2D eigenvalue weighted by Gasteiger charge is 2.61. The van der Waals surface area contributed by atoms with Crippen LogP contribution in [0.15, 0.2) is 22.7 Å². The Balaban J connectivity index is 1.86. The summed E-state index contributed by atoms with van der Waals surface area (Å²) in [4.78, 5) is 10.7. The fraction of sp³-hybridized carbons (Fsp3) is 0.625. The molecule has 2 aliphatic rings. The number of nitrogens with zero attached hydrogens (tertiary/aromatic N) is 1. The highest BCUT2D eigenvalue weighted by molar-refractivity contribution is 9.10. The largest absolute Gasteiger partial charge is 0.382 e. The predicted molar refractivity (Wildman–Crippen MR) is 87.4 cm³/mol. The Morgan fingerprint density at radius 2 is 2.10 bits per heavy atom. The first-order valence-corrected chi connectivity index (χ1v) is 8.25. The Labute approximate surface area is 133 Å². The number of hydrogen-bond donors (Lipinski definition) is 1. The molecule has 0 heterocycles. The topological polar surface area (TPSA) is 55.2 Å². The van der Waals surface area contributed by atoms with Crippen LogP contribution in [0.1, 0.15) is 40.0 Å². The normalized spacial score (nSPS) is 33.1. The van der Waals surface area contributed by atoms with Crippen LogP contribution in [-0.4, -0.2) is 11.0 Å². The van der Waals surface area contributed by atoms with E-state index in [0.29, 0.717) is 15.9 Å². The third-order valence-corrected chi connectivity index (χ3v) is 6.95. The Kier molecular flexibility index (Phi) is 3.32. The van der Waals surface area contributed by atoms with Crippen molar-refractivity contribution in [1.82, 2.24) is 0 Å². The lowest BCUT2D eigenvalue weighted by Crippen LogP contribution is -2.40. The highest BCUT2D eigenvalue weighted by atomic mass is 79.9. The summed E-state index contributed by atoms with van der Waals surface area (Å²) in [5, 5.41) is 14.6. The second-order valence-electron chi connectivity index (χ2n) is 7.23. The van der Waals surface area contributed by atoms with Gasteiger partial charge < -0.3 is 5.32 Å². The molecular weight excluding hydrogens is 332 g/mol. The fourth-order valence-electron chi connectivity index (χ4n) is 4.37. The molecule has 1 aromatic rings. The van der Waals surface area contributed by atoms with E-state index in [4.69, 9.17) is 0 Å². The van der Waals surface area contributed by atoms with Crippen molar-refractivity contribution in [3.8, 4) is 0 Å². The van der Waals surface area contributed by atoms with E-state index >= 15 is 0 Å². The van der Waals surface area contributed by atoms with Gasteiger partial charge in [0.1, 0.15) is 0 Å². The molecule has 3 rings (SSSR count). The molecule has 2 fully saturated rings. The number of nitrogens with one attached hydrogen (secondary N) is 1. The molecule has 3 atom stereocenters. The first-order chi connectivity index (χ1) is 9.75. The second-order valence-corrected chi connectivity index (χ2v) is 8.09. The maximum Gasteiger partial charge on any atom is 0.285 e. The van der Waals surface area contributed by atoms with E-state index < -0.39 is 0 Å². The molecule has 1 N–H and O–H groups in total. The Morgan fingerprint density at radius 3 is 2.62 bits per heavy atom. The van der Waals surface area contributed by atoms with Crippen LogP contribution in [0.5, 0.6) is 0 Å². The van der Waals surface area contributed by atoms with Gasteiger partial charge >= 0.3 is 0 Å².